The standard InChI is InChI=1S/C20H23N5O2/c1-27-17-8-6-15(7-9-17)11-25-12-16(10-22-25)23-20(26)13-24-14-21-18-4-2-3-5-19(18)24/h6-10,12,14H,2-5,11,13H2,1H3,(H,23,26). The van der Waals surface area contributed by atoms with Crippen LogP contribution in [-0.4, -0.2) is 32.3 Å². The van der Waals surface area contributed by atoms with Gasteiger partial charge in [0.1, 0.15) is 12.3 Å². The van der Waals surface area contributed by atoms with Crippen LogP contribution in [0.15, 0.2) is 43.0 Å². The van der Waals surface area contributed by atoms with Gasteiger partial charge in [0.15, 0.2) is 0 Å². The van der Waals surface area contributed by atoms with Gasteiger partial charge in [0.25, 0.3) is 0 Å². The van der Waals surface area contributed by atoms with Crippen LogP contribution in [0.3, 0.4) is 0 Å². The molecule has 1 aliphatic rings. The van der Waals surface area contributed by atoms with Gasteiger partial charge in [-0.05, 0) is 43.4 Å². The molecule has 1 aliphatic carbocycles. The average molecular weight is 365 g/mol. The van der Waals surface area contributed by atoms with Gasteiger partial charge < -0.3 is 14.6 Å². The van der Waals surface area contributed by atoms with E-state index in [-0.39, 0.29) is 12.5 Å². The number of anilines is 1. The number of carbonyl (C=O) groups excluding carboxylic acids is 1. The van der Waals surface area contributed by atoms with Crippen LogP contribution in [0.1, 0.15) is 29.8 Å². The summed E-state index contributed by atoms with van der Waals surface area (Å²) < 4.78 is 8.93. The number of ether oxygens (including phenoxy) is 1. The van der Waals surface area contributed by atoms with Gasteiger partial charge in [0.05, 0.1) is 37.6 Å². The van der Waals surface area contributed by atoms with Crippen molar-refractivity contribution in [3.8, 4) is 5.75 Å². The molecule has 0 saturated carbocycles. The molecule has 7 nitrogen and oxygen atoms in total. The molecular weight excluding hydrogens is 342 g/mol. The van der Waals surface area contributed by atoms with Gasteiger partial charge in [-0.1, -0.05) is 12.1 Å². The normalized spacial score (nSPS) is 13.2. The summed E-state index contributed by atoms with van der Waals surface area (Å²) in [6.07, 6.45) is 9.66. The largest absolute Gasteiger partial charge is 0.497 e. The maximum Gasteiger partial charge on any atom is 0.244 e. The summed E-state index contributed by atoms with van der Waals surface area (Å²) in [7, 11) is 1.65. The first-order chi connectivity index (χ1) is 13.2. The van der Waals surface area contributed by atoms with Crippen molar-refractivity contribution in [3.63, 3.8) is 0 Å². The molecule has 1 amide bonds. The molecule has 1 N–H and O–H groups in total. The third-order valence-corrected chi connectivity index (χ3v) is 4.84. The second-order valence-electron chi connectivity index (χ2n) is 6.80. The van der Waals surface area contributed by atoms with E-state index in [0.717, 1.165) is 29.8 Å². The number of benzene rings is 1. The Morgan fingerprint density at radius 2 is 2.04 bits per heavy atom. The Kier molecular flexibility index (Phi) is 4.91. The van der Waals surface area contributed by atoms with E-state index in [1.807, 2.05) is 35.0 Å². The highest BCUT2D eigenvalue weighted by Crippen LogP contribution is 2.20. The maximum atomic E-state index is 12.4. The van der Waals surface area contributed by atoms with Crippen molar-refractivity contribution in [2.24, 2.45) is 0 Å². The van der Waals surface area contributed by atoms with Crippen molar-refractivity contribution in [2.75, 3.05) is 12.4 Å². The van der Waals surface area contributed by atoms with Crippen molar-refractivity contribution in [1.82, 2.24) is 19.3 Å². The molecule has 2 aromatic heterocycles. The zero-order valence-electron chi connectivity index (χ0n) is 15.4. The fraction of sp³-hybridized carbons (Fsp3) is 0.350. The van der Waals surface area contributed by atoms with Crippen molar-refractivity contribution < 1.29 is 9.53 Å². The first-order valence-corrected chi connectivity index (χ1v) is 9.19. The molecule has 0 aliphatic heterocycles. The number of nitrogens with zero attached hydrogens (tertiary/aromatic N) is 4. The third kappa shape index (κ3) is 4.02. The SMILES string of the molecule is COc1ccc(Cn2cc(NC(=O)Cn3cnc4c3CCCC4)cn2)cc1. The van der Waals surface area contributed by atoms with Gasteiger partial charge in [-0.25, -0.2) is 4.98 Å². The molecule has 140 valence electrons. The molecule has 0 unspecified atom stereocenters. The van der Waals surface area contributed by atoms with Crippen LogP contribution in [-0.2, 0) is 30.7 Å². The highest BCUT2D eigenvalue weighted by Gasteiger charge is 2.16. The summed E-state index contributed by atoms with van der Waals surface area (Å²) in [5.74, 6) is 0.763. The van der Waals surface area contributed by atoms with E-state index in [0.29, 0.717) is 12.2 Å². The Bertz CT molecular complexity index is 926. The minimum atomic E-state index is -0.0650. The zero-order valence-corrected chi connectivity index (χ0v) is 15.4. The number of imidazole rings is 1. The fourth-order valence-corrected chi connectivity index (χ4v) is 3.46. The first kappa shape index (κ1) is 17.3. The number of rotatable bonds is 6. The molecule has 7 heteroatoms. The Hall–Kier alpha value is -3.09. The van der Waals surface area contributed by atoms with Crippen LogP contribution in [0.2, 0.25) is 0 Å². The summed E-state index contributed by atoms with van der Waals surface area (Å²) in [4.78, 5) is 16.8. The molecule has 2 heterocycles. The minimum absolute atomic E-state index is 0.0650. The van der Waals surface area contributed by atoms with Crippen molar-refractivity contribution in [1.29, 1.82) is 0 Å². The van der Waals surface area contributed by atoms with Gasteiger partial charge in [0, 0.05) is 11.9 Å². The second-order valence-corrected chi connectivity index (χ2v) is 6.80. The van der Waals surface area contributed by atoms with E-state index in [1.165, 1.54) is 18.5 Å². The van der Waals surface area contributed by atoms with Crippen molar-refractivity contribution in [3.05, 3.63) is 59.9 Å². The quantitative estimate of drug-likeness (QED) is 0.729. The van der Waals surface area contributed by atoms with Gasteiger partial charge >= 0.3 is 0 Å². The monoisotopic (exact) mass is 365 g/mol. The molecule has 0 saturated heterocycles. The Labute approximate surface area is 158 Å². The Morgan fingerprint density at radius 3 is 2.85 bits per heavy atom. The van der Waals surface area contributed by atoms with Crippen LogP contribution in [0.25, 0.3) is 0 Å². The van der Waals surface area contributed by atoms with E-state index in [4.69, 9.17) is 4.74 Å². The first-order valence-electron chi connectivity index (χ1n) is 9.19. The molecule has 0 radical (unpaired) electrons. The molecule has 3 aromatic rings. The van der Waals surface area contributed by atoms with E-state index in [9.17, 15) is 4.79 Å². The summed E-state index contributed by atoms with van der Waals surface area (Å²) in [5, 5.41) is 7.25. The lowest BCUT2D eigenvalue weighted by molar-refractivity contribution is -0.116. The number of aryl methyl sites for hydroxylation is 1. The fourth-order valence-electron chi connectivity index (χ4n) is 3.46. The predicted octanol–water partition coefficient (Wildman–Crippen LogP) is 2.65. The average Bonchev–Trinajstić information content (AvgIpc) is 3.29. The smallest absolute Gasteiger partial charge is 0.244 e. The minimum Gasteiger partial charge on any atom is -0.497 e. The van der Waals surface area contributed by atoms with Gasteiger partial charge in [0.2, 0.25) is 5.91 Å². The third-order valence-electron chi connectivity index (χ3n) is 4.84. The number of nitrogens with one attached hydrogen (secondary N) is 1. The van der Waals surface area contributed by atoms with Gasteiger partial charge in [-0.2, -0.15) is 5.10 Å². The molecule has 27 heavy (non-hydrogen) atoms. The number of amides is 1. The van der Waals surface area contributed by atoms with Gasteiger partial charge in [-0.15, -0.1) is 0 Å². The molecular formula is C20H23N5O2. The van der Waals surface area contributed by atoms with E-state index >= 15 is 0 Å². The Morgan fingerprint density at radius 1 is 1.22 bits per heavy atom. The number of hydrogen-bond donors (Lipinski definition) is 1. The molecule has 0 spiro atoms. The lowest BCUT2D eigenvalue weighted by Crippen LogP contribution is -2.20. The van der Waals surface area contributed by atoms with E-state index in [1.54, 1.807) is 24.3 Å². The van der Waals surface area contributed by atoms with Crippen LogP contribution < -0.4 is 10.1 Å². The highest BCUT2D eigenvalue weighted by molar-refractivity contribution is 5.90. The topological polar surface area (TPSA) is 74.0 Å². The van der Waals surface area contributed by atoms with Gasteiger partial charge in [-0.3, -0.25) is 9.48 Å². The number of fused-ring (bicyclic) bond motifs is 1. The van der Waals surface area contributed by atoms with Crippen LogP contribution in [0, 0.1) is 0 Å². The lowest BCUT2D eigenvalue weighted by atomic mass is 10.0. The molecule has 0 atom stereocenters. The molecule has 1 aromatic carbocycles. The van der Waals surface area contributed by atoms with Crippen LogP contribution in [0.5, 0.6) is 5.75 Å². The molecule has 4 rings (SSSR count). The molecule has 0 bridgehead atoms. The van der Waals surface area contributed by atoms with E-state index in [2.05, 4.69) is 15.4 Å². The maximum absolute atomic E-state index is 12.4. The number of carbonyl (C=O) groups is 1. The summed E-state index contributed by atoms with van der Waals surface area (Å²) >= 11 is 0. The number of hydrogen-bond acceptors (Lipinski definition) is 4. The highest BCUT2D eigenvalue weighted by atomic mass is 16.5. The lowest BCUT2D eigenvalue weighted by Gasteiger charge is -2.13. The summed E-state index contributed by atoms with van der Waals surface area (Å²) in [6, 6.07) is 7.85. The summed E-state index contributed by atoms with van der Waals surface area (Å²) in [5.41, 5.74) is 4.15. The second kappa shape index (κ2) is 7.65. The summed E-state index contributed by atoms with van der Waals surface area (Å²) in [6.45, 7) is 0.918. The zero-order chi connectivity index (χ0) is 18.6. The predicted molar refractivity (Wildman–Crippen MR) is 102 cm³/mol. The van der Waals surface area contributed by atoms with Crippen molar-refractivity contribution in [2.45, 2.75) is 38.8 Å². The molecule has 0 fully saturated rings. The van der Waals surface area contributed by atoms with Crippen LogP contribution in [0.4, 0.5) is 5.69 Å². The number of aromatic nitrogens is 4. The van der Waals surface area contributed by atoms with E-state index < -0.39 is 0 Å². The number of methoxy groups -OCH3 is 1. The Balaban J connectivity index is 1.35. The van der Waals surface area contributed by atoms with Crippen molar-refractivity contribution >= 4 is 11.6 Å². The van der Waals surface area contributed by atoms with Crippen LogP contribution >= 0.6 is 0 Å².